The summed E-state index contributed by atoms with van der Waals surface area (Å²) in [5.41, 5.74) is 6.03. The lowest BCUT2D eigenvalue weighted by molar-refractivity contribution is -0.198. The van der Waals surface area contributed by atoms with Crippen LogP contribution in [-0.2, 0) is 0 Å². The van der Waals surface area contributed by atoms with Crippen LogP contribution >= 0.6 is 11.6 Å². The number of nitrogens with two attached hydrogens (primary N) is 1. The first-order valence-electron chi connectivity index (χ1n) is 4.34. The second-order valence-electron chi connectivity index (χ2n) is 3.17. The summed E-state index contributed by atoms with van der Waals surface area (Å²) < 4.78 is 35.9. The fraction of sp³-hybridized carbons (Fsp3) is 0.333. The molecule has 1 aromatic carbocycles. The Hall–Kier alpha value is -1.14. The van der Waals surface area contributed by atoms with Crippen molar-refractivity contribution in [2.75, 3.05) is 17.6 Å². The minimum atomic E-state index is -4.64. The molecule has 3 nitrogen and oxygen atoms in total. The van der Waals surface area contributed by atoms with Crippen LogP contribution in [-0.4, -0.2) is 23.9 Å². The van der Waals surface area contributed by atoms with E-state index in [-0.39, 0.29) is 5.69 Å². The summed E-state index contributed by atoms with van der Waals surface area (Å²) in [6, 6.07) is 4.34. The van der Waals surface area contributed by atoms with Gasteiger partial charge in [0.2, 0.25) is 0 Å². The summed E-state index contributed by atoms with van der Waals surface area (Å²) in [5.74, 6) is 0. The highest BCUT2D eigenvalue weighted by atomic mass is 35.5. The monoisotopic (exact) mass is 254 g/mol. The Kier molecular flexibility index (Phi) is 3.88. The zero-order chi connectivity index (χ0) is 12.3. The Morgan fingerprint density at radius 3 is 2.56 bits per heavy atom. The molecule has 0 radical (unpaired) electrons. The van der Waals surface area contributed by atoms with Crippen LogP contribution in [0.25, 0.3) is 0 Å². The van der Waals surface area contributed by atoms with Crippen molar-refractivity contribution in [1.29, 1.82) is 0 Å². The molecule has 0 fully saturated rings. The summed E-state index contributed by atoms with van der Waals surface area (Å²) in [7, 11) is 0. The van der Waals surface area contributed by atoms with Crippen LogP contribution < -0.4 is 11.1 Å². The maximum atomic E-state index is 12.0. The van der Waals surface area contributed by atoms with Gasteiger partial charge < -0.3 is 16.2 Å². The van der Waals surface area contributed by atoms with Crippen molar-refractivity contribution < 1.29 is 18.3 Å². The third kappa shape index (κ3) is 3.46. The largest absolute Gasteiger partial charge is 0.416 e. The minimum Gasteiger partial charge on any atom is -0.397 e. The van der Waals surface area contributed by atoms with Crippen LogP contribution in [0.3, 0.4) is 0 Å². The van der Waals surface area contributed by atoms with Crippen LogP contribution in [0.4, 0.5) is 24.5 Å². The molecule has 1 rings (SSSR count). The van der Waals surface area contributed by atoms with Gasteiger partial charge in [-0.15, -0.1) is 0 Å². The van der Waals surface area contributed by atoms with E-state index >= 15 is 0 Å². The molecule has 1 unspecified atom stereocenters. The lowest BCUT2D eigenvalue weighted by Gasteiger charge is -2.16. The Morgan fingerprint density at radius 1 is 1.44 bits per heavy atom. The van der Waals surface area contributed by atoms with Crippen LogP contribution in [0.15, 0.2) is 18.2 Å². The fourth-order valence-electron chi connectivity index (χ4n) is 1.02. The van der Waals surface area contributed by atoms with Gasteiger partial charge in [0.15, 0.2) is 6.10 Å². The van der Waals surface area contributed by atoms with Crippen LogP contribution in [0.2, 0.25) is 5.02 Å². The molecular formula is C9H10ClF3N2O. The highest BCUT2D eigenvalue weighted by Gasteiger charge is 2.37. The smallest absolute Gasteiger partial charge is 0.397 e. The summed E-state index contributed by atoms with van der Waals surface area (Å²) >= 11 is 5.62. The first-order valence-corrected chi connectivity index (χ1v) is 4.72. The lowest BCUT2D eigenvalue weighted by atomic mass is 10.2. The van der Waals surface area contributed by atoms with E-state index in [1.54, 1.807) is 0 Å². The molecule has 0 bridgehead atoms. The van der Waals surface area contributed by atoms with E-state index in [1.165, 1.54) is 18.2 Å². The molecule has 0 amide bonds. The fourth-order valence-corrected chi connectivity index (χ4v) is 1.20. The van der Waals surface area contributed by atoms with Crippen molar-refractivity contribution in [3.8, 4) is 0 Å². The molecule has 4 N–H and O–H groups in total. The van der Waals surface area contributed by atoms with Gasteiger partial charge >= 0.3 is 6.18 Å². The number of hydrogen-bond acceptors (Lipinski definition) is 3. The quantitative estimate of drug-likeness (QED) is 0.725. The van der Waals surface area contributed by atoms with Gasteiger partial charge in [0.25, 0.3) is 0 Å². The van der Waals surface area contributed by atoms with Gasteiger partial charge in [-0.1, -0.05) is 11.6 Å². The zero-order valence-electron chi connectivity index (χ0n) is 8.05. The second-order valence-corrected chi connectivity index (χ2v) is 3.61. The molecule has 0 aliphatic heterocycles. The molecule has 0 heterocycles. The van der Waals surface area contributed by atoms with Gasteiger partial charge in [-0.2, -0.15) is 13.2 Å². The highest BCUT2D eigenvalue weighted by Crippen LogP contribution is 2.24. The molecule has 0 spiro atoms. The van der Waals surface area contributed by atoms with Gasteiger partial charge in [0, 0.05) is 11.6 Å². The first kappa shape index (κ1) is 12.9. The van der Waals surface area contributed by atoms with Gasteiger partial charge in [-0.05, 0) is 18.2 Å². The van der Waals surface area contributed by atoms with Crippen molar-refractivity contribution in [2.24, 2.45) is 0 Å². The molecule has 0 aromatic heterocycles. The number of hydrogen-bond donors (Lipinski definition) is 3. The SMILES string of the molecule is Nc1cc(Cl)ccc1NCC(O)C(F)(F)F. The molecule has 16 heavy (non-hydrogen) atoms. The number of anilines is 2. The molecule has 0 aliphatic carbocycles. The molecule has 0 aliphatic rings. The van der Waals surface area contributed by atoms with E-state index in [1.807, 2.05) is 0 Å². The molecular weight excluding hydrogens is 245 g/mol. The van der Waals surface area contributed by atoms with Crippen LogP contribution in [0, 0.1) is 0 Å². The highest BCUT2D eigenvalue weighted by molar-refractivity contribution is 6.31. The number of alkyl halides is 3. The van der Waals surface area contributed by atoms with Crippen molar-refractivity contribution in [3.05, 3.63) is 23.2 Å². The molecule has 90 valence electrons. The number of aliphatic hydroxyl groups excluding tert-OH is 1. The molecule has 1 atom stereocenters. The number of nitrogens with one attached hydrogen (secondary N) is 1. The number of rotatable bonds is 3. The molecule has 7 heteroatoms. The van der Waals surface area contributed by atoms with Crippen molar-refractivity contribution >= 4 is 23.0 Å². The zero-order valence-corrected chi connectivity index (χ0v) is 8.81. The second kappa shape index (κ2) is 4.80. The lowest BCUT2D eigenvalue weighted by Crippen LogP contribution is -2.35. The third-order valence-corrected chi connectivity index (χ3v) is 2.11. The van der Waals surface area contributed by atoms with Crippen molar-refractivity contribution in [3.63, 3.8) is 0 Å². The minimum absolute atomic E-state index is 0.224. The number of halogens is 4. The maximum absolute atomic E-state index is 12.0. The average Bonchev–Trinajstić information content (AvgIpc) is 2.14. The van der Waals surface area contributed by atoms with Crippen LogP contribution in [0.5, 0.6) is 0 Å². The summed E-state index contributed by atoms with van der Waals surface area (Å²) in [6.45, 7) is -0.657. The molecule has 1 aromatic rings. The van der Waals surface area contributed by atoms with E-state index in [0.717, 1.165) is 0 Å². The number of benzene rings is 1. The normalized spacial score (nSPS) is 13.6. The molecule has 0 saturated heterocycles. The Labute approximate surface area is 95.0 Å². The predicted molar refractivity (Wildman–Crippen MR) is 56.4 cm³/mol. The van der Waals surface area contributed by atoms with E-state index < -0.39 is 18.8 Å². The average molecular weight is 255 g/mol. The van der Waals surface area contributed by atoms with E-state index in [9.17, 15) is 13.2 Å². The van der Waals surface area contributed by atoms with E-state index in [0.29, 0.717) is 10.7 Å². The van der Waals surface area contributed by atoms with Gasteiger partial charge in [0.1, 0.15) is 0 Å². The Balaban J connectivity index is 2.62. The molecule has 0 saturated carbocycles. The Morgan fingerprint density at radius 2 is 2.06 bits per heavy atom. The summed E-state index contributed by atoms with van der Waals surface area (Å²) in [6.07, 6.45) is -7.07. The van der Waals surface area contributed by atoms with Crippen molar-refractivity contribution in [2.45, 2.75) is 12.3 Å². The third-order valence-electron chi connectivity index (χ3n) is 1.88. The Bertz CT molecular complexity index is 370. The number of aliphatic hydroxyl groups is 1. The van der Waals surface area contributed by atoms with Gasteiger partial charge in [-0.25, -0.2) is 0 Å². The predicted octanol–water partition coefficient (Wildman–Crippen LogP) is 2.26. The van der Waals surface area contributed by atoms with Gasteiger partial charge in [-0.3, -0.25) is 0 Å². The topological polar surface area (TPSA) is 58.3 Å². The van der Waals surface area contributed by atoms with Crippen LogP contribution in [0.1, 0.15) is 0 Å². The van der Waals surface area contributed by atoms with Gasteiger partial charge in [0.05, 0.1) is 11.4 Å². The summed E-state index contributed by atoms with van der Waals surface area (Å²) in [4.78, 5) is 0. The van der Waals surface area contributed by atoms with E-state index in [2.05, 4.69) is 5.32 Å². The van der Waals surface area contributed by atoms with E-state index in [4.69, 9.17) is 22.4 Å². The van der Waals surface area contributed by atoms with Crippen molar-refractivity contribution in [1.82, 2.24) is 0 Å². The maximum Gasteiger partial charge on any atom is 0.416 e. The first-order chi connectivity index (χ1) is 7.30. The standard InChI is InChI=1S/C9H10ClF3N2O/c10-5-1-2-7(6(14)3-5)15-4-8(16)9(11,12)13/h1-3,8,15-16H,4,14H2. The number of nitrogen functional groups attached to an aromatic ring is 1. The summed E-state index contributed by atoms with van der Waals surface area (Å²) in [5, 5.41) is 11.5.